The Bertz CT molecular complexity index is 553. The van der Waals surface area contributed by atoms with Gasteiger partial charge in [0.05, 0.1) is 0 Å². The SMILES string of the molecule is CNc1ccc(N)cc1-c1ccc(O)cc1O. The monoisotopic (exact) mass is 230 g/mol. The fourth-order valence-corrected chi connectivity index (χ4v) is 1.75. The molecule has 0 atom stereocenters. The molecule has 0 aliphatic carbocycles. The molecule has 0 aliphatic rings. The van der Waals surface area contributed by atoms with Crippen molar-refractivity contribution in [1.29, 1.82) is 0 Å². The summed E-state index contributed by atoms with van der Waals surface area (Å²) in [5, 5.41) is 22.1. The molecule has 4 nitrogen and oxygen atoms in total. The Morgan fingerprint density at radius 3 is 2.41 bits per heavy atom. The molecule has 4 heteroatoms. The van der Waals surface area contributed by atoms with Gasteiger partial charge in [0.25, 0.3) is 0 Å². The van der Waals surface area contributed by atoms with Gasteiger partial charge in [0.1, 0.15) is 11.5 Å². The first-order valence-corrected chi connectivity index (χ1v) is 5.21. The summed E-state index contributed by atoms with van der Waals surface area (Å²) < 4.78 is 0. The zero-order valence-corrected chi connectivity index (χ0v) is 9.44. The second kappa shape index (κ2) is 4.25. The zero-order valence-electron chi connectivity index (χ0n) is 9.44. The minimum atomic E-state index is 0.0205. The van der Waals surface area contributed by atoms with E-state index in [4.69, 9.17) is 5.73 Å². The lowest BCUT2D eigenvalue weighted by Gasteiger charge is -2.11. The number of nitrogens with one attached hydrogen (secondary N) is 1. The summed E-state index contributed by atoms with van der Waals surface area (Å²) in [6.45, 7) is 0. The first-order valence-electron chi connectivity index (χ1n) is 5.21. The third kappa shape index (κ3) is 2.10. The van der Waals surface area contributed by atoms with Crippen LogP contribution in [0.4, 0.5) is 11.4 Å². The maximum absolute atomic E-state index is 9.83. The standard InChI is InChI=1S/C13H14N2O2/c1-15-12-5-2-8(14)6-11(12)10-4-3-9(16)7-13(10)17/h2-7,15-17H,14H2,1H3. The number of hydrogen-bond donors (Lipinski definition) is 4. The van der Waals surface area contributed by atoms with Crippen LogP contribution in [0.5, 0.6) is 11.5 Å². The lowest BCUT2D eigenvalue weighted by atomic mass is 10.0. The molecule has 0 fully saturated rings. The van der Waals surface area contributed by atoms with Gasteiger partial charge in [-0.15, -0.1) is 0 Å². The van der Waals surface area contributed by atoms with Crippen LogP contribution in [0.3, 0.4) is 0 Å². The molecule has 2 aromatic carbocycles. The Morgan fingerprint density at radius 2 is 1.76 bits per heavy atom. The molecule has 0 unspecified atom stereocenters. The van der Waals surface area contributed by atoms with Crippen LogP contribution in [-0.2, 0) is 0 Å². The van der Waals surface area contributed by atoms with Gasteiger partial charge in [-0.05, 0) is 30.3 Å². The second-order valence-corrected chi connectivity index (χ2v) is 3.76. The van der Waals surface area contributed by atoms with Crippen LogP contribution in [0.1, 0.15) is 0 Å². The third-order valence-electron chi connectivity index (χ3n) is 2.58. The molecule has 0 saturated heterocycles. The zero-order chi connectivity index (χ0) is 12.4. The van der Waals surface area contributed by atoms with Gasteiger partial charge in [-0.3, -0.25) is 0 Å². The van der Waals surface area contributed by atoms with Crippen molar-refractivity contribution in [2.75, 3.05) is 18.1 Å². The number of aromatic hydroxyl groups is 2. The van der Waals surface area contributed by atoms with E-state index in [0.29, 0.717) is 11.3 Å². The van der Waals surface area contributed by atoms with Gasteiger partial charge in [-0.2, -0.15) is 0 Å². The fraction of sp³-hybridized carbons (Fsp3) is 0.0769. The van der Waals surface area contributed by atoms with E-state index in [-0.39, 0.29) is 11.5 Å². The van der Waals surface area contributed by atoms with Crippen molar-refractivity contribution in [3.63, 3.8) is 0 Å². The summed E-state index contributed by atoms with van der Waals surface area (Å²) in [6.07, 6.45) is 0. The minimum Gasteiger partial charge on any atom is -0.508 e. The summed E-state index contributed by atoms with van der Waals surface area (Å²) in [4.78, 5) is 0. The number of nitrogens with two attached hydrogens (primary N) is 1. The highest BCUT2D eigenvalue weighted by molar-refractivity contribution is 5.84. The van der Waals surface area contributed by atoms with Crippen LogP contribution in [0.2, 0.25) is 0 Å². The van der Waals surface area contributed by atoms with Crippen molar-refractivity contribution in [3.05, 3.63) is 36.4 Å². The third-order valence-corrected chi connectivity index (χ3v) is 2.58. The molecule has 0 saturated carbocycles. The molecule has 0 heterocycles. The van der Waals surface area contributed by atoms with Crippen LogP contribution in [-0.4, -0.2) is 17.3 Å². The average Bonchev–Trinajstić information content (AvgIpc) is 2.29. The van der Waals surface area contributed by atoms with Crippen LogP contribution in [0.25, 0.3) is 11.1 Å². The summed E-state index contributed by atoms with van der Waals surface area (Å²) in [5.41, 5.74) is 8.64. The predicted octanol–water partition coefficient (Wildman–Crippen LogP) is 2.39. The van der Waals surface area contributed by atoms with E-state index < -0.39 is 0 Å². The van der Waals surface area contributed by atoms with Crippen molar-refractivity contribution in [3.8, 4) is 22.6 Å². The molecule has 0 amide bonds. The Morgan fingerprint density at radius 1 is 1.00 bits per heavy atom. The predicted molar refractivity (Wildman–Crippen MR) is 69.2 cm³/mol. The van der Waals surface area contributed by atoms with Crippen molar-refractivity contribution in [2.24, 2.45) is 0 Å². The molecule has 5 N–H and O–H groups in total. The normalized spacial score (nSPS) is 10.2. The largest absolute Gasteiger partial charge is 0.508 e. The van der Waals surface area contributed by atoms with E-state index in [0.717, 1.165) is 11.3 Å². The van der Waals surface area contributed by atoms with E-state index in [1.165, 1.54) is 12.1 Å². The molecule has 2 aromatic rings. The molecule has 0 aliphatic heterocycles. The van der Waals surface area contributed by atoms with Crippen molar-refractivity contribution < 1.29 is 10.2 Å². The summed E-state index contributed by atoms with van der Waals surface area (Å²) in [5.74, 6) is 0.0493. The minimum absolute atomic E-state index is 0.0205. The fourth-order valence-electron chi connectivity index (χ4n) is 1.75. The number of phenolic OH excluding ortho intramolecular Hbond substituents is 2. The van der Waals surface area contributed by atoms with Gasteiger partial charge in [0.15, 0.2) is 0 Å². The molecule has 0 bridgehead atoms. The summed E-state index contributed by atoms with van der Waals surface area (Å²) in [7, 11) is 1.80. The maximum Gasteiger partial charge on any atom is 0.127 e. The van der Waals surface area contributed by atoms with E-state index in [1.54, 1.807) is 25.2 Å². The smallest absolute Gasteiger partial charge is 0.127 e. The van der Waals surface area contributed by atoms with Gasteiger partial charge in [0.2, 0.25) is 0 Å². The summed E-state index contributed by atoms with van der Waals surface area (Å²) in [6, 6.07) is 9.89. The Kier molecular flexibility index (Phi) is 2.78. The molecule has 0 aromatic heterocycles. The van der Waals surface area contributed by atoms with E-state index in [9.17, 15) is 10.2 Å². The number of phenols is 2. The number of benzene rings is 2. The maximum atomic E-state index is 9.83. The highest BCUT2D eigenvalue weighted by Gasteiger charge is 2.09. The van der Waals surface area contributed by atoms with Crippen molar-refractivity contribution in [2.45, 2.75) is 0 Å². The first-order chi connectivity index (χ1) is 8.11. The Hall–Kier alpha value is -2.36. The van der Waals surface area contributed by atoms with Gasteiger partial charge < -0.3 is 21.3 Å². The highest BCUT2D eigenvalue weighted by atomic mass is 16.3. The first kappa shape index (κ1) is 11.1. The molecule has 2 rings (SSSR count). The lowest BCUT2D eigenvalue weighted by Crippen LogP contribution is -1.94. The van der Waals surface area contributed by atoms with Crippen molar-refractivity contribution in [1.82, 2.24) is 0 Å². The summed E-state index contributed by atoms with van der Waals surface area (Å²) >= 11 is 0. The molecule has 0 spiro atoms. The number of rotatable bonds is 2. The van der Waals surface area contributed by atoms with E-state index in [1.807, 2.05) is 6.07 Å². The number of anilines is 2. The van der Waals surface area contributed by atoms with E-state index >= 15 is 0 Å². The van der Waals surface area contributed by atoms with Crippen LogP contribution in [0.15, 0.2) is 36.4 Å². The molecule has 17 heavy (non-hydrogen) atoms. The Labute approximate surface area is 99.3 Å². The van der Waals surface area contributed by atoms with Gasteiger partial charge in [-0.1, -0.05) is 0 Å². The van der Waals surface area contributed by atoms with Gasteiger partial charge >= 0.3 is 0 Å². The van der Waals surface area contributed by atoms with Gasteiger partial charge in [0, 0.05) is 35.6 Å². The average molecular weight is 230 g/mol. The van der Waals surface area contributed by atoms with Crippen LogP contribution >= 0.6 is 0 Å². The highest BCUT2D eigenvalue weighted by Crippen LogP contribution is 2.37. The number of nitrogen functional groups attached to an aromatic ring is 1. The molecule has 88 valence electrons. The van der Waals surface area contributed by atoms with Crippen LogP contribution in [0, 0.1) is 0 Å². The van der Waals surface area contributed by atoms with Crippen LogP contribution < -0.4 is 11.1 Å². The quantitative estimate of drug-likeness (QED) is 0.597. The van der Waals surface area contributed by atoms with E-state index in [2.05, 4.69) is 5.32 Å². The Balaban J connectivity index is 2.62. The van der Waals surface area contributed by atoms with Gasteiger partial charge in [-0.25, -0.2) is 0 Å². The topological polar surface area (TPSA) is 78.5 Å². The van der Waals surface area contributed by atoms with Crippen molar-refractivity contribution >= 4 is 11.4 Å². The molecular weight excluding hydrogens is 216 g/mol. The number of hydrogen-bond acceptors (Lipinski definition) is 4. The molecule has 0 radical (unpaired) electrons. The second-order valence-electron chi connectivity index (χ2n) is 3.76. The lowest BCUT2D eigenvalue weighted by molar-refractivity contribution is 0.452. The molecular formula is C13H14N2O2.